The molecule has 0 saturated carbocycles. The van der Waals surface area contributed by atoms with E-state index in [2.05, 4.69) is 23.6 Å². The van der Waals surface area contributed by atoms with E-state index in [9.17, 15) is 10.1 Å². The number of ether oxygens (including phenoxy) is 2. The summed E-state index contributed by atoms with van der Waals surface area (Å²) in [6.07, 6.45) is 2.98. The molecule has 2 heterocycles. The fraction of sp³-hybridized carbons (Fsp3) is 0.316. The number of thiocarbonyl (C=S) groups is 1. The second-order valence-electron chi connectivity index (χ2n) is 6.64. The Balaban J connectivity index is 1.47. The second-order valence-corrected chi connectivity index (χ2v) is 8.16. The van der Waals surface area contributed by atoms with Gasteiger partial charge >= 0.3 is 0 Å². The van der Waals surface area contributed by atoms with Gasteiger partial charge in [0.15, 0.2) is 16.6 Å². The van der Waals surface area contributed by atoms with Crippen LogP contribution in [0.3, 0.4) is 0 Å². The molecule has 0 radical (unpaired) electrons. The van der Waals surface area contributed by atoms with Crippen LogP contribution in [0.15, 0.2) is 18.2 Å². The van der Waals surface area contributed by atoms with Crippen molar-refractivity contribution in [2.24, 2.45) is 5.92 Å². The zero-order chi connectivity index (χ0) is 19.0. The van der Waals surface area contributed by atoms with E-state index in [-0.39, 0.29) is 17.8 Å². The van der Waals surface area contributed by atoms with Gasteiger partial charge in [0.2, 0.25) is 6.79 Å². The molecule has 8 heteroatoms. The summed E-state index contributed by atoms with van der Waals surface area (Å²) >= 11 is 6.83. The zero-order valence-electron chi connectivity index (χ0n) is 14.6. The van der Waals surface area contributed by atoms with Crippen molar-refractivity contribution in [3.63, 3.8) is 0 Å². The maximum Gasteiger partial charge on any atom is 0.257 e. The Morgan fingerprint density at radius 3 is 3.00 bits per heavy atom. The van der Waals surface area contributed by atoms with Gasteiger partial charge in [-0.15, -0.1) is 11.3 Å². The minimum Gasteiger partial charge on any atom is -0.454 e. The van der Waals surface area contributed by atoms with Crippen LogP contribution in [0.2, 0.25) is 0 Å². The van der Waals surface area contributed by atoms with Crippen LogP contribution in [0, 0.1) is 17.2 Å². The maximum absolute atomic E-state index is 12.4. The SMILES string of the molecule is C[C@H]1CCc2c(sc(NC(=S)NC(=O)c3ccc4c(c3)OCO4)c2C#N)C1. The monoisotopic (exact) mass is 399 g/mol. The maximum atomic E-state index is 12.4. The van der Waals surface area contributed by atoms with E-state index in [1.54, 1.807) is 29.5 Å². The number of nitrogens with one attached hydrogen (secondary N) is 2. The van der Waals surface area contributed by atoms with Crippen LogP contribution in [0.1, 0.15) is 39.7 Å². The van der Waals surface area contributed by atoms with Gasteiger partial charge in [-0.05, 0) is 61.2 Å². The van der Waals surface area contributed by atoms with Crippen molar-refractivity contribution < 1.29 is 14.3 Å². The predicted molar refractivity (Wildman–Crippen MR) is 106 cm³/mol. The Morgan fingerprint density at radius 2 is 2.19 bits per heavy atom. The molecule has 1 aromatic carbocycles. The molecule has 1 aromatic heterocycles. The molecule has 2 aliphatic rings. The zero-order valence-corrected chi connectivity index (χ0v) is 16.3. The predicted octanol–water partition coefficient (Wildman–Crippen LogP) is 3.60. The van der Waals surface area contributed by atoms with Crippen molar-refractivity contribution in [1.82, 2.24) is 5.32 Å². The summed E-state index contributed by atoms with van der Waals surface area (Å²) in [5.41, 5.74) is 2.18. The lowest BCUT2D eigenvalue weighted by atomic mass is 9.89. The van der Waals surface area contributed by atoms with Crippen molar-refractivity contribution in [3.05, 3.63) is 39.8 Å². The van der Waals surface area contributed by atoms with Crippen LogP contribution in [0.25, 0.3) is 0 Å². The average Bonchev–Trinajstić information content (AvgIpc) is 3.23. The normalized spacial score (nSPS) is 17.0. The molecule has 0 saturated heterocycles. The van der Waals surface area contributed by atoms with Gasteiger partial charge in [-0.2, -0.15) is 5.26 Å². The van der Waals surface area contributed by atoms with Crippen LogP contribution < -0.4 is 20.1 Å². The Labute approximate surface area is 166 Å². The number of fused-ring (bicyclic) bond motifs is 2. The van der Waals surface area contributed by atoms with Crippen molar-refractivity contribution in [1.29, 1.82) is 5.26 Å². The van der Waals surface area contributed by atoms with E-state index in [0.29, 0.717) is 33.5 Å². The van der Waals surface area contributed by atoms with Gasteiger partial charge in [-0.3, -0.25) is 10.1 Å². The Kier molecular flexibility index (Phi) is 4.72. The average molecular weight is 399 g/mol. The molecule has 1 aliphatic carbocycles. The molecular formula is C19H17N3O3S2. The van der Waals surface area contributed by atoms with E-state index in [1.165, 1.54) is 4.88 Å². The summed E-state index contributed by atoms with van der Waals surface area (Å²) in [4.78, 5) is 13.7. The molecule has 2 N–H and O–H groups in total. The lowest BCUT2D eigenvalue weighted by molar-refractivity contribution is 0.0977. The third-order valence-electron chi connectivity index (χ3n) is 4.71. The number of carbonyl (C=O) groups excluding carboxylic acids is 1. The van der Waals surface area contributed by atoms with Crippen LogP contribution in [0.4, 0.5) is 5.00 Å². The summed E-state index contributed by atoms with van der Waals surface area (Å²) in [5, 5.41) is 16.1. The van der Waals surface area contributed by atoms with Gasteiger partial charge in [0, 0.05) is 10.4 Å². The molecule has 0 spiro atoms. The second kappa shape index (κ2) is 7.18. The van der Waals surface area contributed by atoms with E-state index >= 15 is 0 Å². The molecule has 0 bridgehead atoms. The highest BCUT2D eigenvalue weighted by molar-refractivity contribution is 7.80. The number of carbonyl (C=O) groups is 1. The standard InChI is InChI=1S/C19H17N3O3S2/c1-10-2-4-12-13(8-20)18(27-16(12)6-10)22-19(26)21-17(23)11-3-5-14-15(7-11)25-9-24-14/h3,5,7,10H,2,4,6,9H2,1H3,(H2,21,22,23,26)/t10-/m0/s1. The van der Waals surface area contributed by atoms with Crippen molar-refractivity contribution in [2.75, 3.05) is 12.1 Å². The summed E-state index contributed by atoms with van der Waals surface area (Å²) in [7, 11) is 0. The number of nitriles is 1. The number of benzene rings is 1. The first-order valence-electron chi connectivity index (χ1n) is 8.61. The molecule has 1 aliphatic heterocycles. The van der Waals surface area contributed by atoms with Crippen molar-refractivity contribution >= 4 is 39.6 Å². The van der Waals surface area contributed by atoms with E-state index in [0.717, 1.165) is 24.8 Å². The molecular weight excluding hydrogens is 382 g/mol. The van der Waals surface area contributed by atoms with Gasteiger partial charge < -0.3 is 14.8 Å². The molecule has 27 heavy (non-hydrogen) atoms. The Morgan fingerprint density at radius 1 is 1.37 bits per heavy atom. The molecule has 1 atom stereocenters. The first kappa shape index (κ1) is 17.8. The summed E-state index contributed by atoms with van der Waals surface area (Å²) < 4.78 is 10.5. The van der Waals surface area contributed by atoms with Gasteiger partial charge in [-0.1, -0.05) is 6.92 Å². The fourth-order valence-electron chi connectivity index (χ4n) is 3.30. The highest BCUT2D eigenvalue weighted by atomic mass is 32.1. The smallest absolute Gasteiger partial charge is 0.257 e. The Hall–Kier alpha value is -2.63. The minimum absolute atomic E-state index is 0.152. The molecule has 0 unspecified atom stereocenters. The summed E-state index contributed by atoms with van der Waals surface area (Å²) in [6, 6.07) is 7.24. The number of hydrogen-bond donors (Lipinski definition) is 2. The number of anilines is 1. The highest BCUT2D eigenvalue weighted by Gasteiger charge is 2.24. The van der Waals surface area contributed by atoms with Crippen molar-refractivity contribution in [3.8, 4) is 17.6 Å². The van der Waals surface area contributed by atoms with Crippen LogP contribution in [0.5, 0.6) is 11.5 Å². The third-order valence-corrected chi connectivity index (χ3v) is 6.09. The third kappa shape index (κ3) is 3.48. The number of hydrogen-bond acceptors (Lipinski definition) is 6. The quantitative estimate of drug-likeness (QED) is 0.751. The molecule has 4 rings (SSSR count). The molecule has 1 amide bonds. The Bertz CT molecular complexity index is 977. The van der Waals surface area contributed by atoms with Crippen LogP contribution in [-0.4, -0.2) is 17.8 Å². The fourth-order valence-corrected chi connectivity index (χ4v) is 4.93. The van der Waals surface area contributed by atoms with Gasteiger partial charge in [-0.25, -0.2) is 0 Å². The molecule has 0 fully saturated rings. The first-order valence-corrected chi connectivity index (χ1v) is 9.84. The molecule has 6 nitrogen and oxygen atoms in total. The summed E-state index contributed by atoms with van der Waals surface area (Å²) in [5.74, 6) is 1.42. The van der Waals surface area contributed by atoms with Gasteiger partial charge in [0.05, 0.1) is 5.56 Å². The van der Waals surface area contributed by atoms with E-state index < -0.39 is 0 Å². The number of rotatable bonds is 2. The van der Waals surface area contributed by atoms with Gasteiger partial charge in [0.1, 0.15) is 11.1 Å². The number of amides is 1. The first-order chi connectivity index (χ1) is 13.0. The lowest BCUT2D eigenvalue weighted by Gasteiger charge is -2.17. The summed E-state index contributed by atoms with van der Waals surface area (Å²) in [6.45, 7) is 2.37. The van der Waals surface area contributed by atoms with Gasteiger partial charge in [0.25, 0.3) is 5.91 Å². The van der Waals surface area contributed by atoms with E-state index in [1.807, 2.05) is 0 Å². The van der Waals surface area contributed by atoms with Crippen LogP contribution >= 0.6 is 23.6 Å². The van der Waals surface area contributed by atoms with Crippen LogP contribution in [-0.2, 0) is 12.8 Å². The number of thiophene rings is 1. The van der Waals surface area contributed by atoms with E-state index in [4.69, 9.17) is 21.7 Å². The van der Waals surface area contributed by atoms with Crippen molar-refractivity contribution in [2.45, 2.75) is 26.2 Å². The largest absolute Gasteiger partial charge is 0.454 e. The lowest BCUT2D eigenvalue weighted by Crippen LogP contribution is -2.34. The highest BCUT2D eigenvalue weighted by Crippen LogP contribution is 2.39. The minimum atomic E-state index is -0.348. The number of nitrogens with zero attached hydrogens (tertiary/aromatic N) is 1. The molecule has 138 valence electrons. The topological polar surface area (TPSA) is 83.4 Å². The molecule has 2 aromatic rings.